The SMILES string of the molecule is COC(=O)CCCCCOC1CCN(C(=O)O)C1. The summed E-state index contributed by atoms with van der Waals surface area (Å²) in [7, 11) is 1.39. The van der Waals surface area contributed by atoms with Gasteiger partial charge in [0.1, 0.15) is 0 Å². The summed E-state index contributed by atoms with van der Waals surface area (Å²) < 4.78 is 10.1. The fraction of sp³-hybridized carbons (Fsp3) is 0.833. The first-order valence-corrected chi connectivity index (χ1v) is 6.29. The molecule has 0 aliphatic carbocycles. The highest BCUT2D eigenvalue weighted by Crippen LogP contribution is 2.13. The van der Waals surface area contributed by atoms with Crippen LogP contribution < -0.4 is 0 Å². The van der Waals surface area contributed by atoms with E-state index < -0.39 is 6.09 Å². The van der Waals surface area contributed by atoms with E-state index in [1.54, 1.807) is 0 Å². The lowest BCUT2D eigenvalue weighted by Crippen LogP contribution is -2.28. The Kier molecular flexibility index (Phi) is 6.49. The molecule has 6 nitrogen and oxygen atoms in total. The van der Waals surface area contributed by atoms with Gasteiger partial charge in [0.15, 0.2) is 0 Å². The van der Waals surface area contributed by atoms with Crippen LogP contribution >= 0.6 is 0 Å². The van der Waals surface area contributed by atoms with E-state index in [2.05, 4.69) is 4.74 Å². The molecule has 1 aliphatic heterocycles. The molecule has 0 saturated carbocycles. The fourth-order valence-electron chi connectivity index (χ4n) is 1.94. The molecule has 104 valence electrons. The minimum absolute atomic E-state index is 0.0294. The van der Waals surface area contributed by atoms with Crippen molar-refractivity contribution in [3.8, 4) is 0 Å². The number of rotatable bonds is 7. The van der Waals surface area contributed by atoms with Crippen molar-refractivity contribution in [1.29, 1.82) is 0 Å². The second kappa shape index (κ2) is 7.92. The second-order valence-corrected chi connectivity index (χ2v) is 4.40. The van der Waals surface area contributed by atoms with Crippen molar-refractivity contribution >= 4 is 12.1 Å². The van der Waals surface area contributed by atoms with Crippen LogP contribution in [0.2, 0.25) is 0 Å². The van der Waals surface area contributed by atoms with Crippen molar-refractivity contribution in [2.45, 2.75) is 38.2 Å². The quantitative estimate of drug-likeness (QED) is 0.553. The molecule has 1 aliphatic rings. The van der Waals surface area contributed by atoms with Crippen LogP contribution in [0.15, 0.2) is 0 Å². The first kappa shape index (κ1) is 14.8. The van der Waals surface area contributed by atoms with Gasteiger partial charge in [-0.15, -0.1) is 0 Å². The van der Waals surface area contributed by atoms with Crippen LogP contribution in [0.1, 0.15) is 32.1 Å². The zero-order chi connectivity index (χ0) is 13.4. The van der Waals surface area contributed by atoms with E-state index in [0.29, 0.717) is 26.1 Å². The summed E-state index contributed by atoms with van der Waals surface area (Å²) in [6.07, 6.45) is 3.00. The van der Waals surface area contributed by atoms with E-state index in [1.165, 1.54) is 12.0 Å². The molecule has 1 heterocycles. The predicted octanol–water partition coefficient (Wildman–Crippen LogP) is 1.49. The summed E-state index contributed by atoms with van der Waals surface area (Å²) >= 11 is 0. The van der Waals surface area contributed by atoms with Crippen LogP contribution in [0.5, 0.6) is 0 Å². The smallest absolute Gasteiger partial charge is 0.407 e. The maximum atomic E-state index is 10.8. The largest absolute Gasteiger partial charge is 0.469 e. The number of ether oxygens (including phenoxy) is 2. The molecule has 0 aromatic heterocycles. The van der Waals surface area contributed by atoms with E-state index >= 15 is 0 Å². The Morgan fingerprint density at radius 1 is 1.33 bits per heavy atom. The normalized spacial score (nSPS) is 18.9. The summed E-state index contributed by atoms with van der Waals surface area (Å²) in [5, 5.41) is 8.77. The lowest BCUT2D eigenvalue weighted by Gasteiger charge is -2.13. The number of hydrogen-bond acceptors (Lipinski definition) is 4. The van der Waals surface area contributed by atoms with Crippen LogP contribution in [0.4, 0.5) is 4.79 Å². The number of likely N-dealkylation sites (tertiary alicyclic amines) is 1. The standard InChI is InChI=1S/C12H21NO5/c1-17-11(14)5-3-2-4-8-18-10-6-7-13(9-10)12(15)16/h10H,2-9H2,1H3,(H,15,16). The summed E-state index contributed by atoms with van der Waals surface area (Å²) in [6, 6.07) is 0. The second-order valence-electron chi connectivity index (χ2n) is 4.40. The lowest BCUT2D eigenvalue weighted by atomic mass is 10.2. The molecule has 1 unspecified atom stereocenters. The molecule has 1 amide bonds. The molecule has 1 atom stereocenters. The van der Waals surface area contributed by atoms with Crippen molar-refractivity contribution in [2.24, 2.45) is 0 Å². The molecule has 0 aromatic rings. The van der Waals surface area contributed by atoms with Gasteiger partial charge in [-0.1, -0.05) is 6.42 Å². The van der Waals surface area contributed by atoms with Crippen LogP contribution in [0.3, 0.4) is 0 Å². The third-order valence-corrected chi connectivity index (χ3v) is 3.02. The van der Waals surface area contributed by atoms with Crippen molar-refractivity contribution in [3.05, 3.63) is 0 Å². The number of amides is 1. The Morgan fingerprint density at radius 3 is 2.72 bits per heavy atom. The number of esters is 1. The minimum atomic E-state index is -0.876. The van der Waals surface area contributed by atoms with Gasteiger partial charge in [0.2, 0.25) is 0 Å². The number of unbranched alkanes of at least 4 members (excludes halogenated alkanes) is 2. The number of carbonyl (C=O) groups excluding carboxylic acids is 1. The van der Waals surface area contributed by atoms with Gasteiger partial charge in [-0.3, -0.25) is 4.79 Å². The van der Waals surface area contributed by atoms with Gasteiger partial charge >= 0.3 is 12.1 Å². The van der Waals surface area contributed by atoms with Gasteiger partial charge in [0.05, 0.1) is 19.8 Å². The molecule has 1 N–H and O–H groups in total. The van der Waals surface area contributed by atoms with E-state index in [0.717, 1.165) is 25.7 Å². The van der Waals surface area contributed by atoms with E-state index in [9.17, 15) is 9.59 Å². The van der Waals surface area contributed by atoms with Gasteiger partial charge in [-0.05, 0) is 19.3 Å². The highest BCUT2D eigenvalue weighted by Gasteiger charge is 2.25. The molecular weight excluding hydrogens is 238 g/mol. The van der Waals surface area contributed by atoms with Crippen molar-refractivity contribution in [3.63, 3.8) is 0 Å². The molecule has 1 fully saturated rings. The van der Waals surface area contributed by atoms with Gasteiger partial charge in [0.25, 0.3) is 0 Å². The average molecular weight is 259 g/mol. The lowest BCUT2D eigenvalue weighted by molar-refractivity contribution is -0.140. The average Bonchev–Trinajstić information content (AvgIpc) is 2.82. The Balaban J connectivity index is 1.96. The zero-order valence-electron chi connectivity index (χ0n) is 10.8. The maximum absolute atomic E-state index is 10.8. The Bertz CT molecular complexity index is 282. The van der Waals surface area contributed by atoms with Crippen LogP contribution in [-0.4, -0.2) is 55.0 Å². The number of carbonyl (C=O) groups is 2. The molecule has 0 bridgehead atoms. The Morgan fingerprint density at radius 2 is 2.11 bits per heavy atom. The zero-order valence-corrected chi connectivity index (χ0v) is 10.8. The van der Waals surface area contributed by atoms with Gasteiger partial charge < -0.3 is 19.5 Å². The van der Waals surface area contributed by atoms with E-state index in [-0.39, 0.29) is 12.1 Å². The fourth-order valence-corrected chi connectivity index (χ4v) is 1.94. The first-order valence-electron chi connectivity index (χ1n) is 6.29. The van der Waals surface area contributed by atoms with Crippen LogP contribution in [0.25, 0.3) is 0 Å². The minimum Gasteiger partial charge on any atom is -0.469 e. The summed E-state index contributed by atoms with van der Waals surface area (Å²) in [6.45, 7) is 1.65. The molecule has 1 saturated heterocycles. The Hall–Kier alpha value is -1.30. The molecule has 0 spiro atoms. The molecule has 0 aromatic carbocycles. The molecule has 1 rings (SSSR count). The van der Waals surface area contributed by atoms with E-state index in [1.807, 2.05) is 0 Å². The van der Waals surface area contributed by atoms with Gasteiger partial charge in [-0.25, -0.2) is 4.79 Å². The maximum Gasteiger partial charge on any atom is 0.407 e. The number of carboxylic acid groups (broad SMARTS) is 1. The number of nitrogens with zero attached hydrogens (tertiary/aromatic N) is 1. The first-order chi connectivity index (χ1) is 8.63. The molecular formula is C12H21NO5. The highest BCUT2D eigenvalue weighted by atomic mass is 16.5. The van der Waals surface area contributed by atoms with Crippen molar-refractivity contribution in [2.75, 3.05) is 26.8 Å². The predicted molar refractivity (Wildman–Crippen MR) is 64.4 cm³/mol. The third-order valence-electron chi connectivity index (χ3n) is 3.02. The third kappa shape index (κ3) is 5.35. The molecule has 18 heavy (non-hydrogen) atoms. The molecule has 6 heteroatoms. The Labute approximate surface area is 107 Å². The summed E-state index contributed by atoms with van der Waals surface area (Å²) in [4.78, 5) is 22.9. The number of hydrogen-bond donors (Lipinski definition) is 1. The van der Waals surface area contributed by atoms with Crippen molar-refractivity contribution < 1.29 is 24.2 Å². The number of methoxy groups -OCH3 is 1. The summed E-state index contributed by atoms with van der Waals surface area (Å²) in [5.41, 5.74) is 0. The topological polar surface area (TPSA) is 76.1 Å². The molecule has 0 radical (unpaired) electrons. The van der Waals surface area contributed by atoms with Gasteiger partial charge in [-0.2, -0.15) is 0 Å². The summed E-state index contributed by atoms with van der Waals surface area (Å²) in [5.74, 6) is -0.177. The van der Waals surface area contributed by atoms with E-state index in [4.69, 9.17) is 9.84 Å². The van der Waals surface area contributed by atoms with Crippen LogP contribution in [-0.2, 0) is 14.3 Å². The van der Waals surface area contributed by atoms with Gasteiger partial charge in [0, 0.05) is 19.6 Å². The highest BCUT2D eigenvalue weighted by molar-refractivity contribution is 5.68. The van der Waals surface area contributed by atoms with Crippen LogP contribution in [0, 0.1) is 0 Å². The van der Waals surface area contributed by atoms with Crippen molar-refractivity contribution in [1.82, 2.24) is 4.90 Å². The monoisotopic (exact) mass is 259 g/mol.